The minimum absolute atomic E-state index is 0.0253. The molecule has 31 heavy (non-hydrogen) atoms. The number of hydrogen-bond donors (Lipinski definition) is 2. The fraction of sp³-hybridized carbons (Fsp3) is 0.231. The van der Waals surface area contributed by atoms with Crippen molar-refractivity contribution in [2.45, 2.75) is 33.1 Å². The van der Waals surface area contributed by atoms with Crippen molar-refractivity contribution in [3.05, 3.63) is 89.5 Å². The highest BCUT2D eigenvalue weighted by molar-refractivity contribution is 6.07. The molecule has 160 valence electrons. The highest BCUT2D eigenvalue weighted by Gasteiger charge is 2.15. The first-order chi connectivity index (χ1) is 14.8. The third-order valence-corrected chi connectivity index (χ3v) is 4.83. The number of hydrogen-bond acceptors (Lipinski definition) is 3. The Hall–Kier alpha value is -3.60. The monoisotopic (exact) mass is 416 g/mol. The zero-order valence-corrected chi connectivity index (χ0v) is 18.4. The van der Waals surface area contributed by atoms with E-state index >= 15 is 0 Å². The molecule has 0 heterocycles. The van der Waals surface area contributed by atoms with Crippen molar-refractivity contribution in [3.8, 4) is 5.75 Å². The summed E-state index contributed by atoms with van der Waals surface area (Å²) >= 11 is 0. The topological polar surface area (TPSA) is 67.4 Å². The van der Waals surface area contributed by atoms with E-state index in [1.54, 1.807) is 36.4 Å². The second kappa shape index (κ2) is 9.47. The van der Waals surface area contributed by atoms with Crippen molar-refractivity contribution in [2.24, 2.45) is 0 Å². The third-order valence-electron chi connectivity index (χ3n) is 4.83. The Morgan fingerprint density at radius 1 is 0.806 bits per heavy atom. The number of para-hydroxylation sites is 2. The van der Waals surface area contributed by atoms with Gasteiger partial charge in [0.2, 0.25) is 0 Å². The van der Waals surface area contributed by atoms with E-state index in [0.717, 1.165) is 5.56 Å². The first-order valence-corrected chi connectivity index (χ1v) is 10.3. The quantitative estimate of drug-likeness (QED) is 0.527. The van der Waals surface area contributed by atoms with Gasteiger partial charge in [0, 0.05) is 16.8 Å². The average molecular weight is 417 g/mol. The van der Waals surface area contributed by atoms with E-state index in [2.05, 4.69) is 31.4 Å². The van der Waals surface area contributed by atoms with Crippen LogP contribution in [0.3, 0.4) is 0 Å². The van der Waals surface area contributed by atoms with E-state index in [0.29, 0.717) is 34.9 Å². The molecule has 3 rings (SSSR count). The summed E-state index contributed by atoms with van der Waals surface area (Å²) in [6.07, 6.45) is 0. The Morgan fingerprint density at radius 2 is 1.48 bits per heavy atom. The Morgan fingerprint density at radius 3 is 2.16 bits per heavy atom. The molecule has 0 aliphatic heterocycles. The zero-order valence-electron chi connectivity index (χ0n) is 18.4. The van der Waals surface area contributed by atoms with Gasteiger partial charge in [-0.25, -0.2) is 0 Å². The standard InChI is InChI=1S/C26H28N2O3/c1-5-31-23-12-7-6-11-22(23)28-25(30)19-9-8-10-21(17-19)27-24(29)18-13-15-20(16-14-18)26(2,3)4/h6-17H,5H2,1-4H3,(H,27,29)(H,28,30). The number of rotatable bonds is 6. The number of benzene rings is 3. The predicted octanol–water partition coefficient (Wildman–Crippen LogP) is 5.89. The average Bonchev–Trinajstić information content (AvgIpc) is 2.75. The molecule has 0 unspecified atom stereocenters. The molecule has 0 aliphatic rings. The van der Waals surface area contributed by atoms with E-state index in [1.165, 1.54) is 0 Å². The lowest BCUT2D eigenvalue weighted by molar-refractivity contribution is 0.101. The van der Waals surface area contributed by atoms with Crippen molar-refractivity contribution < 1.29 is 14.3 Å². The number of anilines is 2. The molecule has 3 aromatic rings. The van der Waals surface area contributed by atoms with Gasteiger partial charge in [-0.3, -0.25) is 9.59 Å². The summed E-state index contributed by atoms with van der Waals surface area (Å²) in [7, 11) is 0. The van der Waals surface area contributed by atoms with Crippen molar-refractivity contribution in [1.82, 2.24) is 0 Å². The summed E-state index contributed by atoms with van der Waals surface area (Å²) < 4.78 is 5.56. The summed E-state index contributed by atoms with van der Waals surface area (Å²) in [5.41, 5.74) is 3.34. The molecule has 0 fully saturated rings. The molecule has 0 radical (unpaired) electrons. The van der Waals surface area contributed by atoms with Crippen LogP contribution in [0.2, 0.25) is 0 Å². The number of carbonyl (C=O) groups excluding carboxylic acids is 2. The van der Waals surface area contributed by atoms with Crippen LogP contribution in [0.5, 0.6) is 5.75 Å². The lowest BCUT2D eigenvalue weighted by atomic mass is 9.87. The molecule has 2 amide bonds. The fourth-order valence-electron chi connectivity index (χ4n) is 3.11. The van der Waals surface area contributed by atoms with Crippen LogP contribution in [-0.2, 0) is 5.41 Å². The van der Waals surface area contributed by atoms with E-state index in [1.807, 2.05) is 43.3 Å². The molecule has 0 bridgehead atoms. The van der Waals surface area contributed by atoms with Crippen LogP contribution in [0.25, 0.3) is 0 Å². The molecule has 0 atom stereocenters. The normalized spacial score (nSPS) is 11.0. The summed E-state index contributed by atoms with van der Waals surface area (Å²) in [5, 5.41) is 5.73. The van der Waals surface area contributed by atoms with Gasteiger partial charge in [0.05, 0.1) is 12.3 Å². The van der Waals surface area contributed by atoms with Gasteiger partial charge in [-0.15, -0.1) is 0 Å². The summed E-state index contributed by atoms with van der Waals surface area (Å²) in [5.74, 6) is 0.110. The van der Waals surface area contributed by atoms with Gasteiger partial charge in [0.15, 0.2) is 0 Å². The van der Waals surface area contributed by atoms with Gasteiger partial charge in [-0.1, -0.05) is 51.1 Å². The minimum Gasteiger partial charge on any atom is -0.492 e. The van der Waals surface area contributed by atoms with Crippen molar-refractivity contribution in [2.75, 3.05) is 17.2 Å². The van der Waals surface area contributed by atoms with E-state index in [4.69, 9.17) is 4.74 Å². The Labute approximate surface area is 183 Å². The molecule has 5 heteroatoms. The van der Waals surface area contributed by atoms with Gasteiger partial charge in [-0.2, -0.15) is 0 Å². The molecule has 5 nitrogen and oxygen atoms in total. The summed E-state index contributed by atoms with van der Waals surface area (Å²) in [6, 6.07) is 21.7. The van der Waals surface area contributed by atoms with E-state index in [9.17, 15) is 9.59 Å². The smallest absolute Gasteiger partial charge is 0.255 e. The van der Waals surface area contributed by atoms with Gasteiger partial charge < -0.3 is 15.4 Å². The van der Waals surface area contributed by atoms with Crippen LogP contribution in [-0.4, -0.2) is 18.4 Å². The lowest BCUT2D eigenvalue weighted by Gasteiger charge is -2.19. The van der Waals surface area contributed by atoms with Crippen LogP contribution in [0.4, 0.5) is 11.4 Å². The maximum atomic E-state index is 12.7. The van der Waals surface area contributed by atoms with Crippen LogP contribution in [0.1, 0.15) is 54.0 Å². The number of ether oxygens (including phenoxy) is 1. The van der Waals surface area contributed by atoms with E-state index < -0.39 is 0 Å². The maximum Gasteiger partial charge on any atom is 0.255 e. The number of nitrogens with one attached hydrogen (secondary N) is 2. The Bertz CT molecular complexity index is 1070. The van der Waals surface area contributed by atoms with Crippen LogP contribution < -0.4 is 15.4 Å². The van der Waals surface area contributed by atoms with Gasteiger partial charge >= 0.3 is 0 Å². The molecule has 2 N–H and O–H groups in total. The third kappa shape index (κ3) is 5.72. The minimum atomic E-state index is -0.280. The van der Waals surface area contributed by atoms with Gasteiger partial charge in [0.1, 0.15) is 5.75 Å². The van der Waals surface area contributed by atoms with Gasteiger partial charge in [-0.05, 0) is 60.4 Å². The highest BCUT2D eigenvalue weighted by Crippen LogP contribution is 2.25. The molecule has 0 spiro atoms. The van der Waals surface area contributed by atoms with Gasteiger partial charge in [0.25, 0.3) is 11.8 Å². The fourth-order valence-corrected chi connectivity index (χ4v) is 3.11. The largest absolute Gasteiger partial charge is 0.492 e. The molecule has 3 aromatic carbocycles. The molecule has 0 aromatic heterocycles. The maximum absolute atomic E-state index is 12.7. The molecular weight excluding hydrogens is 388 g/mol. The van der Waals surface area contributed by atoms with Crippen molar-refractivity contribution in [3.63, 3.8) is 0 Å². The predicted molar refractivity (Wildman–Crippen MR) is 125 cm³/mol. The second-order valence-electron chi connectivity index (χ2n) is 8.25. The van der Waals surface area contributed by atoms with Crippen LogP contribution in [0, 0.1) is 0 Å². The van der Waals surface area contributed by atoms with Crippen molar-refractivity contribution >= 4 is 23.2 Å². The van der Waals surface area contributed by atoms with Crippen LogP contribution in [0.15, 0.2) is 72.8 Å². The van der Waals surface area contributed by atoms with Crippen molar-refractivity contribution in [1.29, 1.82) is 0 Å². The first-order valence-electron chi connectivity index (χ1n) is 10.3. The molecule has 0 saturated carbocycles. The summed E-state index contributed by atoms with van der Waals surface area (Å²) in [6.45, 7) is 8.79. The highest BCUT2D eigenvalue weighted by atomic mass is 16.5. The number of carbonyl (C=O) groups is 2. The number of amides is 2. The van der Waals surface area contributed by atoms with E-state index in [-0.39, 0.29) is 17.2 Å². The SMILES string of the molecule is CCOc1ccccc1NC(=O)c1cccc(NC(=O)c2ccc(C(C)(C)C)cc2)c1. The first kappa shape index (κ1) is 22.1. The summed E-state index contributed by atoms with van der Waals surface area (Å²) in [4.78, 5) is 25.4. The Kier molecular flexibility index (Phi) is 6.75. The zero-order chi connectivity index (χ0) is 22.4. The molecule has 0 saturated heterocycles. The molecule has 0 aliphatic carbocycles. The second-order valence-corrected chi connectivity index (χ2v) is 8.25. The molecular formula is C26H28N2O3. The Balaban J connectivity index is 1.71. The lowest BCUT2D eigenvalue weighted by Crippen LogP contribution is -2.16. The van der Waals surface area contributed by atoms with Crippen LogP contribution >= 0.6 is 0 Å².